The first-order valence-corrected chi connectivity index (χ1v) is 28.1. The maximum Gasteiger partial charge on any atom is 0.306 e. The van der Waals surface area contributed by atoms with E-state index >= 15 is 0 Å². The first-order valence-electron chi connectivity index (χ1n) is 28.1. The van der Waals surface area contributed by atoms with Crippen molar-refractivity contribution in [2.45, 2.75) is 245 Å². The zero-order valence-electron chi connectivity index (χ0n) is 44.3. The number of ether oxygens (including phenoxy) is 3. The summed E-state index contributed by atoms with van der Waals surface area (Å²) in [5.74, 6) is -0.458. The van der Waals surface area contributed by atoms with E-state index < -0.39 is 6.10 Å². The molecular weight excluding hydrogens is 837 g/mol. The molecule has 0 bridgehead atoms. The molecule has 0 heterocycles. The molecule has 0 aliphatic carbocycles. The SMILES string of the molecule is CC/C=C\C/C=C\C/C=C\C/C=C\C/C=C\CCCCOCC(COC(=O)CCCCCC/C=C\C/C=C\C/C=C\C/C=C\CC)OC(=O)CCCCCCCCC/C=C\CCCCCCCC. The Kier molecular flexibility index (Phi) is 54.5. The van der Waals surface area contributed by atoms with Crippen LogP contribution in [0.4, 0.5) is 0 Å². The first-order chi connectivity index (χ1) is 33.6. The van der Waals surface area contributed by atoms with Crippen LogP contribution in [0.15, 0.2) is 122 Å². The number of esters is 2. The van der Waals surface area contributed by atoms with E-state index in [-0.39, 0.29) is 25.2 Å². The van der Waals surface area contributed by atoms with Crippen molar-refractivity contribution in [3.63, 3.8) is 0 Å². The van der Waals surface area contributed by atoms with E-state index in [2.05, 4.69) is 142 Å². The summed E-state index contributed by atoms with van der Waals surface area (Å²) in [6.07, 6.45) is 80.8. The van der Waals surface area contributed by atoms with Gasteiger partial charge in [0.25, 0.3) is 0 Å². The quantitative estimate of drug-likeness (QED) is 0.0345. The molecule has 0 saturated carbocycles. The Hall–Kier alpha value is -3.70. The van der Waals surface area contributed by atoms with Crippen LogP contribution in [0, 0.1) is 0 Å². The van der Waals surface area contributed by atoms with E-state index in [0.29, 0.717) is 19.4 Å². The van der Waals surface area contributed by atoms with Gasteiger partial charge in [-0.25, -0.2) is 0 Å². The van der Waals surface area contributed by atoms with Gasteiger partial charge in [0.05, 0.1) is 6.61 Å². The summed E-state index contributed by atoms with van der Waals surface area (Å²) in [4.78, 5) is 25.5. The molecule has 1 atom stereocenters. The second kappa shape index (κ2) is 57.6. The van der Waals surface area contributed by atoms with Crippen LogP contribution in [-0.2, 0) is 23.8 Å². The molecule has 1 unspecified atom stereocenters. The average Bonchev–Trinajstić information content (AvgIpc) is 3.34. The normalized spacial score (nSPS) is 13.2. The summed E-state index contributed by atoms with van der Waals surface area (Å²) in [5, 5.41) is 0. The number of carbonyl (C=O) groups excluding carboxylic acids is 2. The molecule has 0 N–H and O–H groups in total. The van der Waals surface area contributed by atoms with Gasteiger partial charge >= 0.3 is 11.9 Å². The molecule has 0 aliphatic heterocycles. The van der Waals surface area contributed by atoms with Crippen molar-refractivity contribution in [2.75, 3.05) is 19.8 Å². The van der Waals surface area contributed by atoms with E-state index in [1.807, 2.05) is 0 Å². The molecule has 0 amide bonds. The molecule has 68 heavy (non-hydrogen) atoms. The largest absolute Gasteiger partial charge is 0.462 e. The predicted molar refractivity (Wildman–Crippen MR) is 297 cm³/mol. The van der Waals surface area contributed by atoms with Crippen molar-refractivity contribution < 1.29 is 23.8 Å². The zero-order chi connectivity index (χ0) is 49.2. The lowest BCUT2D eigenvalue weighted by Crippen LogP contribution is -2.30. The lowest BCUT2D eigenvalue weighted by molar-refractivity contribution is -0.163. The Morgan fingerprint density at radius 3 is 1.07 bits per heavy atom. The molecule has 0 aromatic rings. The van der Waals surface area contributed by atoms with Gasteiger partial charge in [0.15, 0.2) is 6.10 Å². The monoisotopic (exact) mass is 941 g/mol. The fraction of sp³-hybridized carbons (Fsp3) is 0.651. The Morgan fingerprint density at radius 2 is 0.662 bits per heavy atom. The molecular formula is C63H104O5. The maximum atomic E-state index is 12.9. The zero-order valence-corrected chi connectivity index (χ0v) is 44.3. The number of carbonyl (C=O) groups is 2. The lowest BCUT2D eigenvalue weighted by atomic mass is 10.1. The Labute approximate surface area is 420 Å². The lowest BCUT2D eigenvalue weighted by Gasteiger charge is -2.18. The van der Waals surface area contributed by atoms with Crippen LogP contribution in [0.5, 0.6) is 0 Å². The number of unbranched alkanes of at least 4 members (excludes halogenated alkanes) is 19. The second-order valence-electron chi connectivity index (χ2n) is 18.1. The Balaban J connectivity index is 4.43. The van der Waals surface area contributed by atoms with E-state index in [4.69, 9.17) is 14.2 Å². The fourth-order valence-corrected chi connectivity index (χ4v) is 7.34. The number of hydrogen-bond donors (Lipinski definition) is 0. The van der Waals surface area contributed by atoms with Gasteiger partial charge in [-0.05, 0) is 128 Å². The minimum absolute atomic E-state index is 0.0463. The predicted octanol–water partition coefficient (Wildman–Crippen LogP) is 19.3. The first kappa shape index (κ1) is 64.3. The van der Waals surface area contributed by atoms with E-state index in [1.54, 1.807) is 0 Å². The molecule has 0 fully saturated rings. The molecule has 0 aromatic carbocycles. The summed E-state index contributed by atoms with van der Waals surface area (Å²) in [5.41, 5.74) is 0. The topological polar surface area (TPSA) is 61.8 Å². The average molecular weight is 942 g/mol. The summed E-state index contributed by atoms with van der Waals surface area (Å²) in [7, 11) is 0. The van der Waals surface area contributed by atoms with E-state index in [1.165, 1.54) is 77.0 Å². The van der Waals surface area contributed by atoms with Crippen LogP contribution < -0.4 is 0 Å². The number of rotatable bonds is 50. The van der Waals surface area contributed by atoms with Crippen LogP contribution in [0.25, 0.3) is 0 Å². The molecule has 0 radical (unpaired) electrons. The number of hydrogen-bond acceptors (Lipinski definition) is 5. The van der Waals surface area contributed by atoms with Gasteiger partial charge in [0.2, 0.25) is 0 Å². The van der Waals surface area contributed by atoms with Crippen molar-refractivity contribution in [3.05, 3.63) is 122 Å². The van der Waals surface area contributed by atoms with Crippen LogP contribution in [0.1, 0.15) is 239 Å². The second-order valence-corrected chi connectivity index (χ2v) is 18.1. The van der Waals surface area contributed by atoms with Gasteiger partial charge in [0.1, 0.15) is 6.61 Å². The van der Waals surface area contributed by atoms with Crippen LogP contribution in [0.3, 0.4) is 0 Å². The van der Waals surface area contributed by atoms with Gasteiger partial charge in [0, 0.05) is 19.4 Å². The third-order valence-corrected chi connectivity index (χ3v) is 11.5. The summed E-state index contributed by atoms with van der Waals surface area (Å²) < 4.78 is 17.4. The van der Waals surface area contributed by atoms with Gasteiger partial charge in [-0.2, -0.15) is 0 Å². The van der Waals surface area contributed by atoms with Crippen LogP contribution in [-0.4, -0.2) is 37.9 Å². The van der Waals surface area contributed by atoms with E-state index in [0.717, 1.165) is 128 Å². The molecule has 0 aromatic heterocycles. The molecule has 5 nitrogen and oxygen atoms in total. The highest BCUT2D eigenvalue weighted by molar-refractivity contribution is 5.70. The molecule has 0 aliphatic rings. The third-order valence-electron chi connectivity index (χ3n) is 11.5. The van der Waals surface area contributed by atoms with Crippen LogP contribution in [0.2, 0.25) is 0 Å². The smallest absolute Gasteiger partial charge is 0.306 e. The number of allylic oxidation sites excluding steroid dienone is 20. The highest BCUT2D eigenvalue weighted by Crippen LogP contribution is 2.13. The highest BCUT2D eigenvalue weighted by Gasteiger charge is 2.17. The molecule has 5 heteroatoms. The fourth-order valence-electron chi connectivity index (χ4n) is 7.34. The highest BCUT2D eigenvalue weighted by atomic mass is 16.6. The molecule has 0 spiro atoms. The Morgan fingerprint density at radius 1 is 0.338 bits per heavy atom. The minimum Gasteiger partial charge on any atom is -0.462 e. The van der Waals surface area contributed by atoms with Crippen molar-refractivity contribution >= 4 is 11.9 Å². The summed E-state index contributed by atoms with van der Waals surface area (Å²) >= 11 is 0. The van der Waals surface area contributed by atoms with Crippen molar-refractivity contribution in [1.29, 1.82) is 0 Å². The summed E-state index contributed by atoms with van der Waals surface area (Å²) in [6.45, 7) is 7.46. The van der Waals surface area contributed by atoms with Gasteiger partial charge in [-0.3, -0.25) is 9.59 Å². The van der Waals surface area contributed by atoms with Crippen molar-refractivity contribution in [3.8, 4) is 0 Å². The van der Waals surface area contributed by atoms with Crippen molar-refractivity contribution in [2.24, 2.45) is 0 Å². The molecule has 386 valence electrons. The summed E-state index contributed by atoms with van der Waals surface area (Å²) in [6, 6.07) is 0. The third kappa shape index (κ3) is 54.9. The van der Waals surface area contributed by atoms with Crippen LogP contribution >= 0.6 is 0 Å². The van der Waals surface area contributed by atoms with Crippen molar-refractivity contribution in [1.82, 2.24) is 0 Å². The van der Waals surface area contributed by atoms with E-state index in [9.17, 15) is 9.59 Å². The van der Waals surface area contributed by atoms with Gasteiger partial charge < -0.3 is 14.2 Å². The molecule has 0 saturated heterocycles. The maximum absolute atomic E-state index is 12.9. The standard InChI is InChI=1S/C63H104O5/c1-4-7-10-13-16-19-22-25-28-31-34-37-40-43-46-49-52-55-58-66-59-61(68-63(65)57-54-51-48-45-42-39-36-33-30-27-24-21-18-15-12-9-6-3)60-67-62(64)56-53-50-47-44-41-38-35-32-29-26-23-20-17-14-11-8-5-2/h7-8,10-11,16-17,19-20,25-30,34-35,37-38,43,46,61H,4-6,9,12-15,18,21-24,31-33,36,39-42,44-45,47-60H2,1-3H3/b10-7-,11-8-,19-16-,20-17-,28-25-,29-26-,30-27-,37-34-,38-35-,46-43-. The Bertz CT molecular complexity index is 1390. The van der Waals surface area contributed by atoms with Gasteiger partial charge in [-0.1, -0.05) is 219 Å². The molecule has 0 rings (SSSR count). The van der Waals surface area contributed by atoms with Gasteiger partial charge in [-0.15, -0.1) is 0 Å². The minimum atomic E-state index is -0.580.